The number of benzene rings is 1. The number of carbonyl (C=O) groups excluding carboxylic acids is 1. The Labute approximate surface area is 118 Å². The number of rotatable bonds is 2. The van der Waals surface area contributed by atoms with Crippen LogP contribution < -0.4 is 10.9 Å². The fraction of sp³-hybridized carbons (Fsp3) is 0.375. The van der Waals surface area contributed by atoms with E-state index in [1.165, 1.54) is 0 Å². The summed E-state index contributed by atoms with van der Waals surface area (Å²) in [7, 11) is 0. The smallest absolute Gasteiger partial charge is 0.251 e. The van der Waals surface area contributed by atoms with E-state index in [-0.39, 0.29) is 17.4 Å². The Morgan fingerprint density at radius 2 is 1.75 bits per heavy atom. The van der Waals surface area contributed by atoms with Crippen LogP contribution in [0.3, 0.4) is 0 Å². The molecule has 0 saturated heterocycles. The Morgan fingerprint density at radius 3 is 2.35 bits per heavy atom. The van der Waals surface area contributed by atoms with E-state index in [1.807, 2.05) is 46.8 Å². The lowest BCUT2D eigenvalue weighted by Gasteiger charge is -2.14. The van der Waals surface area contributed by atoms with Gasteiger partial charge in [0.2, 0.25) is 5.91 Å². The fourth-order valence-electron chi connectivity index (χ4n) is 2.18. The highest BCUT2D eigenvalue weighted by Crippen LogP contribution is 2.26. The summed E-state index contributed by atoms with van der Waals surface area (Å²) >= 11 is 0. The third-order valence-corrected chi connectivity index (χ3v) is 3.79. The molecule has 0 aliphatic rings. The number of hydrogen-bond acceptors (Lipinski definition) is 2. The van der Waals surface area contributed by atoms with Crippen molar-refractivity contribution >= 4 is 22.5 Å². The van der Waals surface area contributed by atoms with Gasteiger partial charge < -0.3 is 10.3 Å². The van der Waals surface area contributed by atoms with E-state index >= 15 is 0 Å². The first-order chi connectivity index (χ1) is 9.32. The molecule has 2 N–H and O–H groups in total. The zero-order valence-electron chi connectivity index (χ0n) is 12.5. The van der Waals surface area contributed by atoms with Gasteiger partial charge >= 0.3 is 0 Å². The number of carbonyl (C=O) groups is 1. The predicted octanol–water partition coefficient (Wildman–Crippen LogP) is 3.05. The Bertz CT molecular complexity index is 742. The zero-order valence-corrected chi connectivity index (χ0v) is 12.5. The summed E-state index contributed by atoms with van der Waals surface area (Å²) in [5, 5.41) is 3.91. The fourth-order valence-corrected chi connectivity index (χ4v) is 2.18. The van der Waals surface area contributed by atoms with E-state index in [0.29, 0.717) is 0 Å². The molecule has 2 rings (SSSR count). The quantitative estimate of drug-likeness (QED) is 0.882. The number of aromatic amines is 1. The number of aromatic nitrogens is 1. The molecule has 20 heavy (non-hydrogen) atoms. The van der Waals surface area contributed by atoms with Crippen LogP contribution >= 0.6 is 0 Å². The second-order valence-corrected chi connectivity index (χ2v) is 5.51. The van der Waals surface area contributed by atoms with Gasteiger partial charge in [-0.15, -0.1) is 0 Å². The molecule has 2 aromatic rings. The number of hydrogen-bond donors (Lipinski definition) is 2. The molecular weight excluding hydrogens is 252 g/mol. The average Bonchev–Trinajstić information content (AvgIpc) is 2.40. The average molecular weight is 272 g/mol. The lowest BCUT2D eigenvalue weighted by Crippen LogP contribution is -2.19. The van der Waals surface area contributed by atoms with Crippen molar-refractivity contribution in [2.24, 2.45) is 5.92 Å². The Hall–Kier alpha value is -2.10. The maximum Gasteiger partial charge on any atom is 0.251 e. The van der Waals surface area contributed by atoms with Crippen LogP contribution in [0, 0.1) is 26.7 Å². The monoisotopic (exact) mass is 272 g/mol. The summed E-state index contributed by atoms with van der Waals surface area (Å²) < 4.78 is 0. The molecule has 1 aromatic carbocycles. The Kier molecular flexibility index (Phi) is 3.66. The summed E-state index contributed by atoms with van der Waals surface area (Å²) in [6.45, 7) is 9.36. The van der Waals surface area contributed by atoms with Crippen molar-refractivity contribution in [3.63, 3.8) is 0 Å². The van der Waals surface area contributed by atoms with Gasteiger partial charge in [-0.05, 0) is 38.0 Å². The highest BCUT2D eigenvalue weighted by Gasteiger charge is 2.13. The maximum absolute atomic E-state index is 11.9. The third-order valence-electron chi connectivity index (χ3n) is 3.79. The van der Waals surface area contributed by atoms with Crippen LogP contribution in [0.25, 0.3) is 10.9 Å². The van der Waals surface area contributed by atoms with E-state index in [4.69, 9.17) is 0 Å². The molecule has 0 atom stereocenters. The van der Waals surface area contributed by atoms with E-state index in [9.17, 15) is 9.59 Å². The normalized spacial score (nSPS) is 11.1. The number of H-pyrrole nitrogens is 1. The largest absolute Gasteiger partial charge is 0.326 e. The van der Waals surface area contributed by atoms with E-state index in [0.717, 1.165) is 33.3 Å². The van der Waals surface area contributed by atoms with Crippen LogP contribution in [0.15, 0.2) is 16.9 Å². The lowest BCUT2D eigenvalue weighted by atomic mass is 10.0. The molecule has 0 spiro atoms. The maximum atomic E-state index is 11.9. The minimum atomic E-state index is -0.0797. The van der Waals surface area contributed by atoms with Crippen LogP contribution in [-0.2, 0) is 4.79 Å². The summed E-state index contributed by atoms with van der Waals surface area (Å²) in [5.74, 6) is -0.109. The molecule has 0 radical (unpaired) electrons. The number of nitrogens with one attached hydrogen (secondary N) is 2. The lowest BCUT2D eigenvalue weighted by molar-refractivity contribution is -0.118. The van der Waals surface area contributed by atoms with Crippen LogP contribution in [-0.4, -0.2) is 10.9 Å². The molecule has 0 aliphatic carbocycles. The standard InChI is InChI=1S/C16H20N2O2/c1-8(2)15(19)17-13-7-6-12-9(3)10(4)16(20)18-14(12)11(13)5/h6-8H,1-5H3,(H,17,19)(H,18,20). The van der Waals surface area contributed by atoms with Crippen molar-refractivity contribution in [3.05, 3.63) is 39.2 Å². The topological polar surface area (TPSA) is 62.0 Å². The van der Waals surface area contributed by atoms with E-state index in [2.05, 4.69) is 10.3 Å². The first-order valence-electron chi connectivity index (χ1n) is 6.76. The number of fused-ring (bicyclic) bond motifs is 1. The van der Waals surface area contributed by atoms with Gasteiger partial charge in [-0.25, -0.2) is 0 Å². The molecule has 1 amide bonds. The molecule has 0 aliphatic heterocycles. The molecular formula is C16H20N2O2. The van der Waals surface area contributed by atoms with Gasteiger partial charge in [-0.1, -0.05) is 19.9 Å². The summed E-state index contributed by atoms with van der Waals surface area (Å²) in [4.78, 5) is 26.6. The first-order valence-corrected chi connectivity index (χ1v) is 6.76. The number of pyridine rings is 1. The molecule has 0 fully saturated rings. The van der Waals surface area contributed by atoms with Crippen molar-refractivity contribution < 1.29 is 4.79 Å². The van der Waals surface area contributed by atoms with E-state index < -0.39 is 0 Å². The molecule has 1 heterocycles. The third kappa shape index (κ3) is 2.33. The number of aryl methyl sites for hydroxylation is 2. The summed E-state index contributed by atoms with van der Waals surface area (Å²) in [6, 6.07) is 3.83. The second-order valence-electron chi connectivity index (χ2n) is 5.51. The second kappa shape index (κ2) is 5.12. The van der Waals surface area contributed by atoms with Gasteiger partial charge in [-0.3, -0.25) is 9.59 Å². The van der Waals surface area contributed by atoms with Crippen LogP contribution in [0.1, 0.15) is 30.5 Å². The minimum Gasteiger partial charge on any atom is -0.326 e. The van der Waals surface area contributed by atoms with Gasteiger partial charge in [-0.2, -0.15) is 0 Å². The van der Waals surface area contributed by atoms with Crippen LogP contribution in [0.5, 0.6) is 0 Å². The summed E-state index contributed by atoms with van der Waals surface area (Å²) in [5.41, 5.74) is 4.06. The predicted molar refractivity (Wildman–Crippen MR) is 82.2 cm³/mol. The Balaban J connectivity index is 2.63. The molecule has 4 heteroatoms. The van der Waals surface area contributed by atoms with Gasteiger partial charge in [0.15, 0.2) is 0 Å². The Morgan fingerprint density at radius 1 is 1.10 bits per heavy atom. The summed E-state index contributed by atoms with van der Waals surface area (Å²) in [6.07, 6.45) is 0. The van der Waals surface area contributed by atoms with Crippen molar-refractivity contribution in [1.82, 2.24) is 4.98 Å². The van der Waals surface area contributed by atoms with Crippen LogP contribution in [0.2, 0.25) is 0 Å². The molecule has 0 bridgehead atoms. The van der Waals surface area contributed by atoms with Crippen molar-refractivity contribution in [2.75, 3.05) is 5.32 Å². The molecule has 4 nitrogen and oxygen atoms in total. The van der Waals surface area contributed by atoms with Crippen LogP contribution in [0.4, 0.5) is 5.69 Å². The SMILES string of the molecule is Cc1c(C)c2ccc(NC(=O)C(C)C)c(C)c2[nH]c1=O. The highest BCUT2D eigenvalue weighted by molar-refractivity contribution is 5.97. The minimum absolute atomic E-state index is 0.0290. The number of anilines is 1. The number of amides is 1. The molecule has 1 aromatic heterocycles. The molecule has 0 unspecified atom stereocenters. The van der Waals surface area contributed by atoms with Gasteiger partial charge in [0, 0.05) is 22.6 Å². The van der Waals surface area contributed by atoms with Crippen molar-refractivity contribution in [3.8, 4) is 0 Å². The molecule has 0 saturated carbocycles. The van der Waals surface area contributed by atoms with Gasteiger partial charge in [0.05, 0.1) is 5.52 Å². The van der Waals surface area contributed by atoms with Crippen molar-refractivity contribution in [1.29, 1.82) is 0 Å². The molecule has 106 valence electrons. The zero-order chi connectivity index (χ0) is 15.0. The van der Waals surface area contributed by atoms with Crippen molar-refractivity contribution in [2.45, 2.75) is 34.6 Å². The van der Waals surface area contributed by atoms with Gasteiger partial charge in [0.25, 0.3) is 5.56 Å². The van der Waals surface area contributed by atoms with E-state index in [1.54, 1.807) is 0 Å². The highest BCUT2D eigenvalue weighted by atomic mass is 16.1. The van der Waals surface area contributed by atoms with Gasteiger partial charge in [0.1, 0.15) is 0 Å². The first kappa shape index (κ1) is 14.3.